The molecule has 1 unspecified atom stereocenters. The Morgan fingerprint density at radius 1 is 1.35 bits per heavy atom. The maximum Gasteiger partial charge on any atom is 0.252 e. The van der Waals surface area contributed by atoms with Crippen LogP contribution in [0.15, 0.2) is 59.7 Å². The third-order valence-corrected chi connectivity index (χ3v) is 4.30. The molecule has 0 spiro atoms. The zero-order valence-corrected chi connectivity index (χ0v) is 13.5. The number of aromatic nitrogens is 2. The Kier molecular flexibility index (Phi) is 4.27. The molecular formula is C17H17N3O2S. The van der Waals surface area contributed by atoms with Crippen molar-refractivity contribution in [2.75, 3.05) is 6.54 Å². The van der Waals surface area contributed by atoms with Gasteiger partial charge in [-0.1, -0.05) is 0 Å². The van der Waals surface area contributed by atoms with E-state index >= 15 is 0 Å². The first kappa shape index (κ1) is 15.5. The fraction of sp³-hybridized carbons (Fsp3) is 0.176. The molecule has 0 saturated heterocycles. The van der Waals surface area contributed by atoms with E-state index in [9.17, 15) is 9.90 Å². The molecule has 0 radical (unpaired) electrons. The summed E-state index contributed by atoms with van der Waals surface area (Å²) in [7, 11) is 0. The van der Waals surface area contributed by atoms with Crippen LogP contribution in [0, 0.1) is 0 Å². The van der Waals surface area contributed by atoms with Crippen LogP contribution in [0.25, 0.3) is 5.82 Å². The molecule has 2 N–H and O–H groups in total. The smallest absolute Gasteiger partial charge is 0.252 e. The third-order valence-electron chi connectivity index (χ3n) is 3.62. The van der Waals surface area contributed by atoms with Crippen molar-refractivity contribution in [1.82, 2.24) is 14.9 Å². The minimum absolute atomic E-state index is 0.141. The van der Waals surface area contributed by atoms with Crippen LogP contribution in [0.3, 0.4) is 0 Å². The maximum atomic E-state index is 12.2. The summed E-state index contributed by atoms with van der Waals surface area (Å²) in [5.74, 6) is 0.490. The standard InChI is InChI=1S/C17H17N3O2S/c1-17(22,14-6-9-23-11-14)12-19-16(21)13-4-5-15(18-10-13)20-7-2-3-8-20/h2-11,22H,12H2,1H3,(H,19,21). The zero-order chi connectivity index (χ0) is 16.3. The van der Waals surface area contributed by atoms with Crippen molar-refractivity contribution in [3.63, 3.8) is 0 Å². The van der Waals surface area contributed by atoms with Gasteiger partial charge in [-0.3, -0.25) is 4.79 Å². The van der Waals surface area contributed by atoms with Gasteiger partial charge in [0.2, 0.25) is 0 Å². The number of hydrogen-bond donors (Lipinski definition) is 2. The lowest BCUT2D eigenvalue weighted by atomic mass is 9.99. The van der Waals surface area contributed by atoms with E-state index in [0.717, 1.165) is 11.4 Å². The fourth-order valence-corrected chi connectivity index (χ4v) is 2.97. The normalized spacial score (nSPS) is 13.5. The molecule has 0 aliphatic rings. The number of carbonyl (C=O) groups is 1. The van der Waals surface area contributed by atoms with Gasteiger partial charge >= 0.3 is 0 Å². The summed E-state index contributed by atoms with van der Waals surface area (Å²) < 4.78 is 1.86. The minimum Gasteiger partial charge on any atom is -0.384 e. The third kappa shape index (κ3) is 3.49. The van der Waals surface area contributed by atoms with E-state index in [1.54, 1.807) is 19.1 Å². The second-order valence-electron chi connectivity index (χ2n) is 5.46. The van der Waals surface area contributed by atoms with E-state index < -0.39 is 5.60 Å². The molecular weight excluding hydrogens is 310 g/mol. The Bertz CT molecular complexity index is 763. The van der Waals surface area contributed by atoms with E-state index in [2.05, 4.69) is 10.3 Å². The minimum atomic E-state index is -1.09. The molecule has 0 saturated carbocycles. The number of pyridine rings is 1. The van der Waals surface area contributed by atoms with Crippen molar-refractivity contribution < 1.29 is 9.90 Å². The number of hydrogen-bond acceptors (Lipinski definition) is 4. The number of carbonyl (C=O) groups excluding carboxylic acids is 1. The van der Waals surface area contributed by atoms with Crippen LogP contribution in [0.2, 0.25) is 0 Å². The molecule has 0 aliphatic heterocycles. The summed E-state index contributed by atoms with van der Waals surface area (Å²) in [6, 6.07) is 9.18. The summed E-state index contributed by atoms with van der Waals surface area (Å²) >= 11 is 1.51. The number of nitrogens with one attached hydrogen (secondary N) is 1. The van der Waals surface area contributed by atoms with Gasteiger partial charge in [0.1, 0.15) is 11.4 Å². The topological polar surface area (TPSA) is 67.2 Å². The highest BCUT2D eigenvalue weighted by molar-refractivity contribution is 7.08. The van der Waals surface area contributed by atoms with E-state index in [1.807, 2.05) is 45.9 Å². The molecule has 118 valence electrons. The Morgan fingerprint density at radius 3 is 2.74 bits per heavy atom. The Morgan fingerprint density at radius 2 is 2.13 bits per heavy atom. The van der Waals surface area contributed by atoms with E-state index in [-0.39, 0.29) is 12.5 Å². The van der Waals surface area contributed by atoms with Gasteiger partial charge in [0.25, 0.3) is 5.91 Å². The number of aliphatic hydroxyl groups is 1. The molecule has 3 aromatic rings. The van der Waals surface area contributed by atoms with Crippen molar-refractivity contribution >= 4 is 17.2 Å². The quantitative estimate of drug-likeness (QED) is 0.757. The maximum absolute atomic E-state index is 12.2. The predicted octanol–water partition coefficient (Wildman–Crippen LogP) is 2.57. The lowest BCUT2D eigenvalue weighted by molar-refractivity contribution is 0.0530. The van der Waals surface area contributed by atoms with Crippen LogP contribution in [-0.4, -0.2) is 27.1 Å². The highest BCUT2D eigenvalue weighted by atomic mass is 32.1. The van der Waals surface area contributed by atoms with E-state index in [1.165, 1.54) is 17.5 Å². The molecule has 3 rings (SSSR count). The average Bonchev–Trinajstić information content (AvgIpc) is 3.26. The molecule has 0 aliphatic carbocycles. The van der Waals surface area contributed by atoms with Crippen LogP contribution in [0.4, 0.5) is 0 Å². The van der Waals surface area contributed by atoms with Crippen LogP contribution >= 0.6 is 11.3 Å². The second-order valence-corrected chi connectivity index (χ2v) is 6.24. The Balaban J connectivity index is 1.64. The van der Waals surface area contributed by atoms with Gasteiger partial charge in [0, 0.05) is 18.6 Å². The zero-order valence-electron chi connectivity index (χ0n) is 12.6. The summed E-state index contributed by atoms with van der Waals surface area (Å²) in [5.41, 5.74) is 0.166. The Labute approximate surface area is 138 Å². The van der Waals surface area contributed by atoms with Gasteiger partial charge in [-0.2, -0.15) is 11.3 Å². The molecule has 5 nitrogen and oxygen atoms in total. The molecule has 0 bridgehead atoms. The van der Waals surface area contributed by atoms with Gasteiger partial charge in [0.05, 0.1) is 12.1 Å². The molecule has 6 heteroatoms. The second kappa shape index (κ2) is 6.36. The summed E-state index contributed by atoms with van der Waals surface area (Å²) in [6.45, 7) is 1.82. The highest BCUT2D eigenvalue weighted by Gasteiger charge is 2.24. The first-order valence-electron chi connectivity index (χ1n) is 7.19. The molecule has 1 atom stereocenters. The summed E-state index contributed by atoms with van der Waals surface area (Å²) in [5, 5.41) is 16.9. The predicted molar refractivity (Wildman–Crippen MR) is 89.8 cm³/mol. The van der Waals surface area contributed by atoms with Crippen LogP contribution in [0.1, 0.15) is 22.8 Å². The monoisotopic (exact) mass is 327 g/mol. The van der Waals surface area contributed by atoms with Crippen LogP contribution < -0.4 is 5.32 Å². The average molecular weight is 327 g/mol. The molecule has 1 amide bonds. The number of thiophene rings is 1. The molecule has 3 heterocycles. The number of rotatable bonds is 5. The van der Waals surface area contributed by atoms with Gasteiger partial charge in [-0.15, -0.1) is 0 Å². The fourth-order valence-electron chi connectivity index (χ4n) is 2.19. The van der Waals surface area contributed by atoms with Crippen LogP contribution in [0.5, 0.6) is 0 Å². The van der Waals surface area contributed by atoms with Gasteiger partial charge in [0.15, 0.2) is 0 Å². The van der Waals surface area contributed by atoms with Crippen LogP contribution in [-0.2, 0) is 5.60 Å². The number of amides is 1. The van der Waals surface area contributed by atoms with Crippen molar-refractivity contribution in [3.8, 4) is 5.82 Å². The summed E-state index contributed by atoms with van der Waals surface area (Å²) in [4.78, 5) is 16.5. The lowest BCUT2D eigenvalue weighted by Gasteiger charge is -2.22. The SMILES string of the molecule is CC(O)(CNC(=O)c1ccc(-n2cccc2)nc1)c1ccsc1. The van der Waals surface area contributed by atoms with Crippen molar-refractivity contribution in [3.05, 3.63) is 70.8 Å². The van der Waals surface area contributed by atoms with Crippen molar-refractivity contribution in [1.29, 1.82) is 0 Å². The van der Waals surface area contributed by atoms with E-state index in [0.29, 0.717) is 5.56 Å². The lowest BCUT2D eigenvalue weighted by Crippen LogP contribution is -2.38. The van der Waals surface area contributed by atoms with Gasteiger partial charge in [-0.25, -0.2) is 4.98 Å². The first-order valence-corrected chi connectivity index (χ1v) is 8.13. The highest BCUT2D eigenvalue weighted by Crippen LogP contribution is 2.22. The van der Waals surface area contributed by atoms with E-state index in [4.69, 9.17) is 0 Å². The number of nitrogens with zero attached hydrogens (tertiary/aromatic N) is 2. The molecule has 0 aromatic carbocycles. The molecule has 3 aromatic heterocycles. The van der Waals surface area contributed by atoms with Crippen molar-refractivity contribution in [2.24, 2.45) is 0 Å². The van der Waals surface area contributed by atoms with Gasteiger partial charge in [-0.05, 0) is 53.6 Å². The van der Waals surface area contributed by atoms with Gasteiger partial charge < -0.3 is 15.0 Å². The summed E-state index contributed by atoms with van der Waals surface area (Å²) in [6.07, 6.45) is 5.31. The Hall–Kier alpha value is -2.44. The van der Waals surface area contributed by atoms with Crippen molar-refractivity contribution in [2.45, 2.75) is 12.5 Å². The largest absolute Gasteiger partial charge is 0.384 e. The molecule has 23 heavy (non-hydrogen) atoms. The first-order chi connectivity index (χ1) is 11.1. The molecule has 0 fully saturated rings.